The van der Waals surface area contributed by atoms with Gasteiger partial charge in [-0.3, -0.25) is 14.6 Å². The maximum atomic E-state index is 11.5. The Morgan fingerprint density at radius 3 is 2.36 bits per heavy atom. The Labute approximate surface area is 125 Å². The summed E-state index contributed by atoms with van der Waals surface area (Å²) in [6, 6.07) is 4.66. The fraction of sp³-hybridized carbons (Fsp3) is 0.286. The standard InChI is InChI=1S/C14H14N2O6/c17-6-8-2-1-3-10(15-8)11-5-14(12(19)20,13(21)22)4-9(7-18)16-11/h1-3,5,17-18H,4,6-7H2,(H,19,20)(H,21,22). The van der Waals surface area contributed by atoms with E-state index in [4.69, 9.17) is 5.11 Å². The summed E-state index contributed by atoms with van der Waals surface area (Å²) in [4.78, 5) is 31.1. The van der Waals surface area contributed by atoms with Crippen molar-refractivity contribution >= 4 is 23.3 Å². The molecule has 4 N–H and O–H groups in total. The monoisotopic (exact) mass is 306 g/mol. The Kier molecular flexibility index (Phi) is 4.34. The topological polar surface area (TPSA) is 140 Å². The highest BCUT2D eigenvalue weighted by Crippen LogP contribution is 2.34. The third-order valence-electron chi connectivity index (χ3n) is 3.32. The first-order chi connectivity index (χ1) is 10.4. The highest BCUT2D eigenvalue weighted by molar-refractivity contribution is 6.09. The predicted molar refractivity (Wildman–Crippen MR) is 75.0 cm³/mol. The third kappa shape index (κ3) is 2.74. The minimum atomic E-state index is -2.20. The molecule has 1 aliphatic heterocycles. The Morgan fingerprint density at radius 1 is 1.14 bits per heavy atom. The minimum Gasteiger partial charge on any atom is -0.480 e. The molecule has 0 aliphatic carbocycles. The first-order valence-corrected chi connectivity index (χ1v) is 6.37. The van der Waals surface area contributed by atoms with E-state index in [1.165, 1.54) is 6.07 Å². The van der Waals surface area contributed by atoms with Crippen LogP contribution in [0.3, 0.4) is 0 Å². The number of aliphatic hydroxyl groups is 2. The van der Waals surface area contributed by atoms with Crippen molar-refractivity contribution in [2.75, 3.05) is 6.61 Å². The van der Waals surface area contributed by atoms with Gasteiger partial charge < -0.3 is 20.4 Å². The number of hydrogen-bond donors (Lipinski definition) is 4. The fourth-order valence-corrected chi connectivity index (χ4v) is 2.15. The van der Waals surface area contributed by atoms with E-state index in [9.17, 15) is 24.9 Å². The van der Waals surface area contributed by atoms with Crippen LogP contribution in [0.1, 0.15) is 17.8 Å². The molecule has 0 bridgehead atoms. The Morgan fingerprint density at radius 2 is 1.82 bits per heavy atom. The van der Waals surface area contributed by atoms with Crippen LogP contribution in [-0.4, -0.2) is 49.7 Å². The first-order valence-electron chi connectivity index (χ1n) is 6.37. The molecule has 0 fully saturated rings. The van der Waals surface area contributed by atoms with Gasteiger partial charge in [-0.25, -0.2) is 4.98 Å². The molecular weight excluding hydrogens is 292 g/mol. The van der Waals surface area contributed by atoms with Gasteiger partial charge in [-0.2, -0.15) is 0 Å². The molecule has 1 aliphatic rings. The van der Waals surface area contributed by atoms with Gasteiger partial charge in [0, 0.05) is 12.1 Å². The van der Waals surface area contributed by atoms with Crippen molar-refractivity contribution in [3.63, 3.8) is 0 Å². The molecule has 2 heterocycles. The van der Waals surface area contributed by atoms with Crippen molar-refractivity contribution < 1.29 is 30.0 Å². The van der Waals surface area contributed by atoms with E-state index in [0.29, 0.717) is 5.69 Å². The lowest BCUT2D eigenvalue weighted by Crippen LogP contribution is -2.41. The van der Waals surface area contributed by atoms with Crippen LogP contribution in [0.5, 0.6) is 0 Å². The second kappa shape index (κ2) is 6.04. The molecule has 22 heavy (non-hydrogen) atoms. The second-order valence-corrected chi connectivity index (χ2v) is 4.80. The van der Waals surface area contributed by atoms with Gasteiger partial charge in [0.25, 0.3) is 0 Å². The summed E-state index contributed by atoms with van der Waals surface area (Å²) < 4.78 is 0. The van der Waals surface area contributed by atoms with E-state index < -0.39 is 30.4 Å². The van der Waals surface area contributed by atoms with E-state index in [2.05, 4.69) is 9.98 Å². The van der Waals surface area contributed by atoms with Crippen LogP contribution >= 0.6 is 0 Å². The number of carboxylic acid groups (broad SMARTS) is 2. The molecule has 8 nitrogen and oxygen atoms in total. The summed E-state index contributed by atoms with van der Waals surface area (Å²) in [6.45, 7) is -0.875. The second-order valence-electron chi connectivity index (χ2n) is 4.80. The van der Waals surface area contributed by atoms with Crippen LogP contribution in [0.25, 0.3) is 5.70 Å². The average Bonchev–Trinajstić information content (AvgIpc) is 2.53. The van der Waals surface area contributed by atoms with Gasteiger partial charge in [0.1, 0.15) is 0 Å². The minimum absolute atomic E-state index is 0.0374. The average molecular weight is 306 g/mol. The number of pyridine rings is 1. The predicted octanol–water partition coefficient (Wildman–Crippen LogP) is -0.0926. The molecule has 0 aromatic carbocycles. The Bertz CT molecular complexity index is 666. The fourth-order valence-electron chi connectivity index (χ4n) is 2.15. The largest absolute Gasteiger partial charge is 0.480 e. The zero-order valence-corrected chi connectivity index (χ0v) is 11.4. The summed E-state index contributed by atoms with van der Waals surface area (Å²) in [5, 5.41) is 37.0. The smallest absolute Gasteiger partial charge is 0.325 e. The number of carboxylic acids is 2. The van der Waals surface area contributed by atoms with Gasteiger partial charge >= 0.3 is 11.9 Å². The molecule has 0 radical (unpaired) electrons. The number of aliphatic hydroxyl groups excluding tert-OH is 2. The van der Waals surface area contributed by atoms with Gasteiger partial charge in [-0.05, 0) is 18.2 Å². The number of nitrogens with zero attached hydrogens (tertiary/aromatic N) is 2. The molecule has 8 heteroatoms. The first kappa shape index (κ1) is 15.8. The summed E-state index contributed by atoms with van der Waals surface area (Å²) >= 11 is 0. The maximum Gasteiger partial charge on any atom is 0.325 e. The van der Waals surface area contributed by atoms with E-state index in [-0.39, 0.29) is 23.7 Å². The highest BCUT2D eigenvalue weighted by Gasteiger charge is 2.48. The van der Waals surface area contributed by atoms with Gasteiger partial charge in [0.15, 0.2) is 5.41 Å². The van der Waals surface area contributed by atoms with Crippen LogP contribution in [0, 0.1) is 5.41 Å². The SMILES string of the molecule is O=C(O)C1(C(=O)O)C=C(c2cccc(CO)n2)N=C(CO)C1. The van der Waals surface area contributed by atoms with Crippen LogP contribution < -0.4 is 0 Å². The zero-order chi connectivity index (χ0) is 16.3. The van der Waals surface area contributed by atoms with E-state index in [1.54, 1.807) is 12.1 Å². The molecule has 0 saturated heterocycles. The van der Waals surface area contributed by atoms with Crippen molar-refractivity contribution in [2.45, 2.75) is 13.0 Å². The normalized spacial score (nSPS) is 16.6. The lowest BCUT2D eigenvalue weighted by molar-refractivity contribution is -0.160. The van der Waals surface area contributed by atoms with Gasteiger partial charge in [-0.1, -0.05) is 6.07 Å². The quantitative estimate of drug-likeness (QED) is 0.557. The summed E-state index contributed by atoms with van der Waals surface area (Å²) in [7, 11) is 0. The molecule has 0 saturated carbocycles. The van der Waals surface area contributed by atoms with E-state index >= 15 is 0 Å². The summed E-state index contributed by atoms with van der Waals surface area (Å²) in [5.41, 5.74) is -1.56. The molecule has 0 spiro atoms. The van der Waals surface area contributed by atoms with E-state index in [0.717, 1.165) is 6.08 Å². The number of rotatable bonds is 5. The zero-order valence-electron chi connectivity index (χ0n) is 11.4. The number of hydrogen-bond acceptors (Lipinski definition) is 6. The number of aliphatic imine (C=N–C) groups is 1. The third-order valence-corrected chi connectivity index (χ3v) is 3.32. The lowest BCUT2D eigenvalue weighted by atomic mass is 9.79. The molecule has 0 amide bonds. The summed E-state index contributed by atoms with van der Waals surface area (Å²) in [6.07, 6.45) is 0.595. The molecule has 1 aromatic heterocycles. The van der Waals surface area contributed by atoms with Gasteiger partial charge in [-0.15, -0.1) is 0 Å². The number of aromatic nitrogens is 1. The van der Waals surface area contributed by atoms with Crippen LogP contribution in [-0.2, 0) is 16.2 Å². The number of carbonyl (C=O) groups is 2. The molecule has 116 valence electrons. The molecule has 2 rings (SSSR count). The molecule has 1 aromatic rings. The Hall–Kier alpha value is -2.58. The maximum absolute atomic E-state index is 11.5. The van der Waals surface area contributed by atoms with Crippen molar-refractivity contribution in [3.8, 4) is 0 Å². The van der Waals surface area contributed by atoms with Crippen LogP contribution in [0.4, 0.5) is 0 Å². The van der Waals surface area contributed by atoms with Crippen molar-refractivity contribution in [1.29, 1.82) is 0 Å². The van der Waals surface area contributed by atoms with Crippen molar-refractivity contribution in [2.24, 2.45) is 10.4 Å². The Balaban J connectivity index is 2.60. The molecule has 0 atom stereocenters. The lowest BCUT2D eigenvalue weighted by Gasteiger charge is -2.26. The van der Waals surface area contributed by atoms with Gasteiger partial charge in [0.05, 0.1) is 30.3 Å². The van der Waals surface area contributed by atoms with Crippen LogP contribution in [0.2, 0.25) is 0 Å². The molecule has 0 unspecified atom stereocenters. The van der Waals surface area contributed by atoms with Crippen LogP contribution in [0.15, 0.2) is 29.3 Å². The number of aliphatic carboxylic acids is 2. The van der Waals surface area contributed by atoms with Crippen molar-refractivity contribution in [1.82, 2.24) is 4.98 Å². The highest BCUT2D eigenvalue weighted by atomic mass is 16.4. The van der Waals surface area contributed by atoms with Gasteiger partial charge in [0.2, 0.25) is 0 Å². The summed E-state index contributed by atoms with van der Waals surface area (Å²) in [5.74, 6) is -3.09. The van der Waals surface area contributed by atoms with Crippen molar-refractivity contribution in [3.05, 3.63) is 35.7 Å². The van der Waals surface area contributed by atoms with E-state index in [1.807, 2.05) is 0 Å². The molecular formula is C14H14N2O6.